The van der Waals surface area contributed by atoms with Gasteiger partial charge in [0.05, 0.1) is 15.9 Å². The third-order valence-electron chi connectivity index (χ3n) is 1.75. The average Bonchev–Trinajstić information content (AvgIpc) is 2.28. The van der Waals surface area contributed by atoms with Crippen LogP contribution < -0.4 is 0 Å². The van der Waals surface area contributed by atoms with Crippen molar-refractivity contribution in [2.45, 2.75) is 0 Å². The Morgan fingerprint density at radius 2 is 1.94 bits per heavy atom. The molecule has 10 nitrogen and oxygen atoms in total. The van der Waals surface area contributed by atoms with Gasteiger partial charge in [0.2, 0.25) is 0 Å². The highest BCUT2D eigenvalue weighted by Crippen LogP contribution is 2.31. The number of carboxylic acids is 1. The van der Waals surface area contributed by atoms with Crippen LogP contribution in [0, 0.1) is 20.2 Å². The molecule has 1 rings (SSSR count). The number of nitro groups is 2. The Morgan fingerprint density at radius 1 is 1.28 bits per heavy atom. The van der Waals surface area contributed by atoms with Crippen molar-refractivity contribution in [1.82, 2.24) is 0 Å². The van der Waals surface area contributed by atoms with Crippen molar-refractivity contribution in [3.05, 3.63) is 38.4 Å². The number of aliphatic carboxylic acids is 1. The number of non-ortho nitro benzene ring substituents is 1. The molecule has 0 aliphatic rings. The van der Waals surface area contributed by atoms with Crippen LogP contribution in [0.2, 0.25) is 0 Å². The number of hydrogen-bond acceptors (Lipinski definition) is 7. The van der Waals surface area contributed by atoms with Crippen molar-refractivity contribution >= 4 is 23.0 Å². The molecule has 0 aliphatic carbocycles. The first-order valence-corrected chi connectivity index (χ1v) is 4.44. The van der Waals surface area contributed by atoms with E-state index in [1.165, 1.54) is 0 Å². The molecule has 0 saturated heterocycles. The molecular weight excluding hydrogens is 248 g/mol. The van der Waals surface area contributed by atoms with Crippen molar-refractivity contribution < 1.29 is 19.7 Å². The molecule has 18 heavy (non-hydrogen) atoms. The SMILES string of the molecule is O=C(O)CN=Nc1ccc([N+](=O)[O-])cc1[N+](=O)[O-]. The molecule has 0 radical (unpaired) electrons. The molecule has 1 aromatic rings. The van der Waals surface area contributed by atoms with Gasteiger partial charge < -0.3 is 5.11 Å². The van der Waals surface area contributed by atoms with Crippen LogP contribution in [0.25, 0.3) is 0 Å². The van der Waals surface area contributed by atoms with E-state index in [1.54, 1.807) is 0 Å². The third kappa shape index (κ3) is 3.30. The van der Waals surface area contributed by atoms with Gasteiger partial charge in [0.25, 0.3) is 5.69 Å². The molecule has 0 heterocycles. The van der Waals surface area contributed by atoms with Crippen molar-refractivity contribution in [3.8, 4) is 0 Å². The zero-order valence-electron chi connectivity index (χ0n) is 8.72. The normalized spacial score (nSPS) is 10.4. The van der Waals surface area contributed by atoms with E-state index in [9.17, 15) is 25.0 Å². The second-order valence-corrected chi connectivity index (χ2v) is 2.98. The standard InChI is InChI=1S/C8H6N4O6/c13-8(14)4-9-10-6-2-1-5(11(15)16)3-7(6)12(17)18/h1-3H,4H2,(H,13,14). The van der Waals surface area contributed by atoms with E-state index in [0.717, 1.165) is 18.2 Å². The number of carboxylic acid groups (broad SMARTS) is 1. The van der Waals surface area contributed by atoms with Gasteiger partial charge in [-0.2, -0.15) is 5.11 Å². The molecule has 0 saturated carbocycles. The first-order chi connectivity index (χ1) is 8.41. The molecular formula is C8H6N4O6. The van der Waals surface area contributed by atoms with Crippen molar-refractivity contribution in [2.75, 3.05) is 6.54 Å². The van der Waals surface area contributed by atoms with Gasteiger partial charge in [-0.05, 0) is 6.07 Å². The van der Waals surface area contributed by atoms with Crippen LogP contribution in [-0.4, -0.2) is 27.5 Å². The summed E-state index contributed by atoms with van der Waals surface area (Å²) in [5, 5.41) is 36.0. The molecule has 1 N–H and O–H groups in total. The Bertz CT molecular complexity index is 540. The lowest BCUT2D eigenvalue weighted by Crippen LogP contribution is -1.97. The summed E-state index contributed by atoms with van der Waals surface area (Å²) in [7, 11) is 0. The number of benzene rings is 1. The van der Waals surface area contributed by atoms with Gasteiger partial charge in [-0.15, -0.1) is 5.11 Å². The molecule has 0 spiro atoms. The quantitative estimate of drug-likeness (QED) is 0.479. The van der Waals surface area contributed by atoms with Gasteiger partial charge in [0.15, 0.2) is 12.2 Å². The van der Waals surface area contributed by atoms with Crippen LogP contribution in [0.5, 0.6) is 0 Å². The fraction of sp³-hybridized carbons (Fsp3) is 0.125. The number of nitrogens with zero attached hydrogens (tertiary/aromatic N) is 4. The Kier molecular flexibility index (Phi) is 3.97. The van der Waals surface area contributed by atoms with Crippen molar-refractivity contribution in [3.63, 3.8) is 0 Å². The highest BCUT2D eigenvalue weighted by atomic mass is 16.6. The summed E-state index contributed by atoms with van der Waals surface area (Å²) in [4.78, 5) is 29.6. The van der Waals surface area contributed by atoms with Crippen LogP contribution in [0.4, 0.5) is 17.1 Å². The Balaban J connectivity index is 3.12. The van der Waals surface area contributed by atoms with Crippen LogP contribution in [0.15, 0.2) is 28.4 Å². The van der Waals surface area contributed by atoms with Crippen molar-refractivity contribution in [1.29, 1.82) is 0 Å². The maximum absolute atomic E-state index is 10.7. The van der Waals surface area contributed by atoms with Gasteiger partial charge in [-0.3, -0.25) is 25.0 Å². The second kappa shape index (κ2) is 5.43. The van der Waals surface area contributed by atoms with E-state index in [-0.39, 0.29) is 5.69 Å². The van der Waals surface area contributed by atoms with E-state index >= 15 is 0 Å². The average molecular weight is 254 g/mol. The molecule has 0 aliphatic heterocycles. The molecule has 94 valence electrons. The third-order valence-corrected chi connectivity index (χ3v) is 1.75. The number of azo groups is 1. The van der Waals surface area contributed by atoms with Gasteiger partial charge in [-0.1, -0.05) is 0 Å². The molecule has 1 aromatic carbocycles. The van der Waals surface area contributed by atoms with Gasteiger partial charge in [0, 0.05) is 6.07 Å². The van der Waals surface area contributed by atoms with Crippen LogP contribution in [0.3, 0.4) is 0 Å². The van der Waals surface area contributed by atoms with E-state index in [1.807, 2.05) is 0 Å². The minimum absolute atomic E-state index is 0.244. The zero-order valence-corrected chi connectivity index (χ0v) is 8.72. The summed E-state index contributed by atoms with van der Waals surface area (Å²) in [5.74, 6) is -1.25. The number of hydrogen-bond donors (Lipinski definition) is 1. The summed E-state index contributed by atoms with van der Waals surface area (Å²) in [5.41, 5.74) is -1.32. The summed E-state index contributed by atoms with van der Waals surface area (Å²) < 4.78 is 0. The van der Waals surface area contributed by atoms with E-state index in [4.69, 9.17) is 5.11 Å². The largest absolute Gasteiger partial charge is 0.480 e. The maximum Gasteiger partial charge on any atom is 0.327 e. The fourth-order valence-electron chi connectivity index (χ4n) is 1.03. The smallest absolute Gasteiger partial charge is 0.327 e. The van der Waals surface area contributed by atoms with E-state index < -0.39 is 33.7 Å². The number of rotatable bonds is 5. The monoisotopic (exact) mass is 254 g/mol. The van der Waals surface area contributed by atoms with Gasteiger partial charge in [0.1, 0.15) is 0 Å². The van der Waals surface area contributed by atoms with Crippen LogP contribution in [0.1, 0.15) is 0 Å². The van der Waals surface area contributed by atoms with E-state index in [2.05, 4.69) is 10.2 Å². The lowest BCUT2D eigenvalue weighted by Gasteiger charge is -1.96. The predicted octanol–water partition coefficient (Wildman–Crippen LogP) is 1.67. The molecule has 0 fully saturated rings. The first kappa shape index (κ1) is 13.2. The lowest BCUT2D eigenvalue weighted by molar-refractivity contribution is -0.393. The summed E-state index contributed by atoms with van der Waals surface area (Å²) >= 11 is 0. The zero-order chi connectivity index (χ0) is 13.7. The first-order valence-electron chi connectivity index (χ1n) is 4.44. The lowest BCUT2D eigenvalue weighted by atomic mass is 10.2. The van der Waals surface area contributed by atoms with Crippen LogP contribution >= 0.6 is 0 Å². The minimum Gasteiger partial charge on any atom is -0.480 e. The van der Waals surface area contributed by atoms with Gasteiger partial charge >= 0.3 is 11.7 Å². The molecule has 0 atom stereocenters. The highest BCUT2D eigenvalue weighted by Gasteiger charge is 2.19. The van der Waals surface area contributed by atoms with Gasteiger partial charge in [-0.25, -0.2) is 0 Å². The summed E-state index contributed by atoms with van der Waals surface area (Å²) in [6.45, 7) is -0.645. The molecule has 10 heteroatoms. The molecule has 0 unspecified atom stereocenters. The predicted molar refractivity (Wildman–Crippen MR) is 56.8 cm³/mol. The topological polar surface area (TPSA) is 148 Å². The Labute approximate surface area is 98.9 Å². The van der Waals surface area contributed by atoms with Crippen LogP contribution in [-0.2, 0) is 4.79 Å². The fourth-order valence-corrected chi connectivity index (χ4v) is 1.03. The highest BCUT2D eigenvalue weighted by molar-refractivity contribution is 5.69. The molecule has 0 bridgehead atoms. The maximum atomic E-state index is 10.7. The Morgan fingerprint density at radius 3 is 2.44 bits per heavy atom. The summed E-state index contributed by atoms with van der Waals surface area (Å²) in [6, 6.07) is 2.78. The number of carbonyl (C=O) groups is 1. The minimum atomic E-state index is -1.25. The van der Waals surface area contributed by atoms with E-state index in [0.29, 0.717) is 0 Å². The second-order valence-electron chi connectivity index (χ2n) is 2.98. The number of nitro benzene ring substituents is 2. The Hall–Kier alpha value is -2.91. The van der Waals surface area contributed by atoms with Crippen molar-refractivity contribution in [2.24, 2.45) is 10.2 Å². The molecule has 0 aromatic heterocycles. The molecule has 0 amide bonds. The summed E-state index contributed by atoms with van der Waals surface area (Å²) in [6.07, 6.45) is 0.